The highest BCUT2D eigenvalue weighted by Crippen LogP contribution is 2.12. The van der Waals surface area contributed by atoms with Crippen LogP contribution in [0.1, 0.15) is 20.8 Å². The third-order valence-corrected chi connectivity index (χ3v) is 3.81. The van der Waals surface area contributed by atoms with E-state index in [4.69, 9.17) is 4.74 Å². The van der Waals surface area contributed by atoms with Crippen molar-refractivity contribution in [2.24, 2.45) is 0 Å². The van der Waals surface area contributed by atoms with Gasteiger partial charge in [-0.3, -0.25) is 9.08 Å². The molecular weight excluding hydrogens is 272 g/mol. The summed E-state index contributed by atoms with van der Waals surface area (Å²) in [6, 6.07) is 0. The average Bonchev–Trinajstić information content (AvgIpc) is 2.27. The number of amides is 1. The van der Waals surface area contributed by atoms with E-state index in [2.05, 4.69) is 4.18 Å². The fourth-order valence-electron chi connectivity index (χ4n) is 1.66. The second-order valence-corrected chi connectivity index (χ2v) is 7.15. The summed E-state index contributed by atoms with van der Waals surface area (Å²) >= 11 is 0. The summed E-state index contributed by atoms with van der Waals surface area (Å²) in [5.41, 5.74) is -0.520. The van der Waals surface area contributed by atoms with Crippen LogP contribution < -0.4 is 0 Å². The minimum absolute atomic E-state index is 0.147. The number of nitrogens with zero attached hydrogens (tertiary/aromatic N) is 2. The quantitative estimate of drug-likeness (QED) is 0.704. The Morgan fingerprint density at radius 3 is 2.11 bits per heavy atom. The summed E-state index contributed by atoms with van der Waals surface area (Å²) in [6.45, 7) is 7.32. The van der Waals surface area contributed by atoms with Gasteiger partial charge in [-0.05, 0) is 20.8 Å². The van der Waals surface area contributed by atoms with Crippen molar-refractivity contribution in [3.8, 4) is 0 Å². The van der Waals surface area contributed by atoms with Crippen molar-refractivity contribution in [1.82, 2.24) is 9.80 Å². The highest BCUT2D eigenvalue weighted by Gasteiger charge is 2.27. The van der Waals surface area contributed by atoms with Crippen molar-refractivity contribution in [2.75, 3.05) is 39.2 Å². The molecule has 1 saturated heterocycles. The smallest absolute Gasteiger partial charge is 0.410 e. The molecule has 0 aromatic heterocycles. The molecule has 0 aromatic carbocycles. The van der Waals surface area contributed by atoms with E-state index >= 15 is 0 Å². The third-order valence-electron chi connectivity index (χ3n) is 2.62. The standard InChI is InChI=1S/C11H22N2O5S/c1-11(2,3)18-10(14)13-7-5-12(6-8-13)9-19(15,16)17-4/h5-9H2,1-4H3. The Kier molecular flexibility index (Phi) is 5.17. The molecule has 1 amide bonds. The molecule has 1 heterocycles. The van der Waals surface area contributed by atoms with Crippen molar-refractivity contribution in [2.45, 2.75) is 26.4 Å². The molecule has 0 atom stereocenters. The second kappa shape index (κ2) is 6.06. The van der Waals surface area contributed by atoms with Gasteiger partial charge in [-0.1, -0.05) is 0 Å². The van der Waals surface area contributed by atoms with Gasteiger partial charge in [0.2, 0.25) is 0 Å². The summed E-state index contributed by atoms with van der Waals surface area (Å²) in [5, 5.41) is 0. The van der Waals surface area contributed by atoms with Gasteiger partial charge in [0.05, 0.1) is 7.11 Å². The average molecular weight is 294 g/mol. The van der Waals surface area contributed by atoms with E-state index < -0.39 is 15.7 Å². The number of hydrogen-bond donors (Lipinski definition) is 0. The zero-order chi connectivity index (χ0) is 14.7. The molecule has 0 radical (unpaired) electrons. The molecular formula is C11H22N2O5S. The first kappa shape index (κ1) is 16.2. The Labute approximate surface area is 114 Å². The first-order valence-electron chi connectivity index (χ1n) is 6.11. The lowest BCUT2D eigenvalue weighted by Gasteiger charge is -2.35. The van der Waals surface area contributed by atoms with E-state index in [0.29, 0.717) is 26.2 Å². The van der Waals surface area contributed by atoms with Gasteiger partial charge in [0.1, 0.15) is 11.5 Å². The van der Waals surface area contributed by atoms with Crippen LogP contribution in [0.3, 0.4) is 0 Å². The molecule has 7 nitrogen and oxygen atoms in total. The maximum atomic E-state index is 11.8. The highest BCUT2D eigenvalue weighted by molar-refractivity contribution is 7.86. The Morgan fingerprint density at radius 2 is 1.68 bits per heavy atom. The molecule has 1 rings (SSSR count). The van der Waals surface area contributed by atoms with Crippen LogP contribution in [0.5, 0.6) is 0 Å². The normalized spacial score (nSPS) is 18.4. The molecule has 112 valence electrons. The molecule has 0 saturated carbocycles. The van der Waals surface area contributed by atoms with Crippen LogP contribution in [0.4, 0.5) is 4.79 Å². The van der Waals surface area contributed by atoms with Gasteiger partial charge in [-0.25, -0.2) is 4.79 Å². The molecule has 0 aliphatic carbocycles. The molecule has 1 aliphatic heterocycles. The molecule has 19 heavy (non-hydrogen) atoms. The molecule has 0 bridgehead atoms. The van der Waals surface area contributed by atoms with Crippen LogP contribution >= 0.6 is 0 Å². The summed E-state index contributed by atoms with van der Waals surface area (Å²) in [4.78, 5) is 15.1. The summed E-state index contributed by atoms with van der Waals surface area (Å²) < 4.78 is 32.3. The van der Waals surface area contributed by atoms with E-state index in [1.54, 1.807) is 9.80 Å². The summed E-state index contributed by atoms with van der Waals surface area (Å²) in [5.74, 6) is -0.147. The van der Waals surface area contributed by atoms with Gasteiger partial charge in [0.15, 0.2) is 0 Å². The van der Waals surface area contributed by atoms with Crippen LogP contribution in [0.25, 0.3) is 0 Å². The van der Waals surface area contributed by atoms with E-state index in [1.807, 2.05) is 20.8 Å². The van der Waals surface area contributed by atoms with E-state index in [0.717, 1.165) is 7.11 Å². The number of rotatable bonds is 3. The molecule has 0 aromatic rings. The highest BCUT2D eigenvalue weighted by atomic mass is 32.2. The first-order valence-corrected chi connectivity index (χ1v) is 7.69. The monoisotopic (exact) mass is 294 g/mol. The van der Waals surface area contributed by atoms with Crippen molar-refractivity contribution in [3.63, 3.8) is 0 Å². The zero-order valence-corrected chi connectivity index (χ0v) is 12.7. The molecule has 0 unspecified atom stereocenters. The van der Waals surface area contributed by atoms with Crippen LogP contribution in [0.2, 0.25) is 0 Å². The number of carbonyl (C=O) groups excluding carboxylic acids is 1. The number of hydrogen-bond acceptors (Lipinski definition) is 6. The predicted octanol–water partition coefficient (Wildman–Crippen LogP) is 0.473. The second-order valence-electron chi connectivity index (χ2n) is 5.44. The van der Waals surface area contributed by atoms with E-state index in [-0.39, 0.29) is 12.0 Å². The van der Waals surface area contributed by atoms with Crippen LogP contribution in [0.15, 0.2) is 0 Å². The first-order chi connectivity index (χ1) is 8.63. The van der Waals surface area contributed by atoms with Crippen molar-refractivity contribution in [3.05, 3.63) is 0 Å². The van der Waals surface area contributed by atoms with Gasteiger partial charge in [0, 0.05) is 26.2 Å². The zero-order valence-electron chi connectivity index (χ0n) is 11.9. The Balaban J connectivity index is 2.43. The van der Waals surface area contributed by atoms with Crippen LogP contribution in [0, 0.1) is 0 Å². The third kappa shape index (κ3) is 5.75. The van der Waals surface area contributed by atoms with Gasteiger partial charge in [0.25, 0.3) is 10.1 Å². The van der Waals surface area contributed by atoms with Crippen molar-refractivity contribution in [1.29, 1.82) is 0 Å². The molecule has 0 spiro atoms. The van der Waals surface area contributed by atoms with Crippen LogP contribution in [-0.4, -0.2) is 69.1 Å². The van der Waals surface area contributed by atoms with Crippen LogP contribution in [-0.2, 0) is 19.0 Å². The number of ether oxygens (including phenoxy) is 1. The lowest BCUT2D eigenvalue weighted by Crippen LogP contribution is -2.51. The Bertz CT molecular complexity index is 407. The molecule has 1 aliphatic rings. The molecule has 1 fully saturated rings. The van der Waals surface area contributed by atoms with Gasteiger partial charge >= 0.3 is 6.09 Å². The van der Waals surface area contributed by atoms with E-state index in [9.17, 15) is 13.2 Å². The summed E-state index contributed by atoms with van der Waals surface area (Å²) in [7, 11) is -2.35. The Hall–Kier alpha value is -0.860. The predicted molar refractivity (Wildman–Crippen MR) is 70.2 cm³/mol. The summed E-state index contributed by atoms with van der Waals surface area (Å²) in [6.07, 6.45) is -0.359. The fraction of sp³-hybridized carbons (Fsp3) is 0.909. The van der Waals surface area contributed by atoms with Crippen molar-refractivity contribution < 1.29 is 22.1 Å². The molecule has 0 N–H and O–H groups in total. The van der Waals surface area contributed by atoms with Gasteiger partial charge in [-0.15, -0.1) is 0 Å². The molecule has 8 heteroatoms. The number of piperazine rings is 1. The SMILES string of the molecule is COS(=O)(=O)CN1CCN(C(=O)OC(C)(C)C)CC1. The van der Waals surface area contributed by atoms with Gasteiger partial charge in [-0.2, -0.15) is 8.42 Å². The minimum Gasteiger partial charge on any atom is -0.444 e. The number of carbonyl (C=O) groups is 1. The topological polar surface area (TPSA) is 76.2 Å². The van der Waals surface area contributed by atoms with Crippen molar-refractivity contribution >= 4 is 16.2 Å². The maximum Gasteiger partial charge on any atom is 0.410 e. The maximum absolute atomic E-state index is 11.8. The lowest BCUT2D eigenvalue weighted by molar-refractivity contribution is 0.0158. The van der Waals surface area contributed by atoms with Gasteiger partial charge < -0.3 is 9.64 Å². The lowest BCUT2D eigenvalue weighted by atomic mass is 10.2. The van der Waals surface area contributed by atoms with E-state index in [1.165, 1.54) is 0 Å². The Morgan fingerprint density at radius 1 is 1.16 bits per heavy atom. The largest absolute Gasteiger partial charge is 0.444 e. The fourth-order valence-corrected chi connectivity index (χ4v) is 2.47. The minimum atomic E-state index is -3.49.